The van der Waals surface area contributed by atoms with Crippen molar-refractivity contribution in [3.63, 3.8) is 0 Å². The highest BCUT2D eigenvalue weighted by Gasteiger charge is 2.11. The van der Waals surface area contributed by atoms with E-state index in [1.165, 1.54) is 0 Å². The number of carbonyl (C=O) groups is 1. The lowest BCUT2D eigenvalue weighted by Gasteiger charge is -2.07. The first-order chi connectivity index (χ1) is 9.60. The Labute approximate surface area is 116 Å². The molecule has 0 spiro atoms. The van der Waals surface area contributed by atoms with Gasteiger partial charge in [0.1, 0.15) is 11.6 Å². The molecule has 0 radical (unpaired) electrons. The maximum absolute atomic E-state index is 13.1. The van der Waals surface area contributed by atoms with Gasteiger partial charge >= 0.3 is 0 Å². The third-order valence-corrected chi connectivity index (χ3v) is 2.91. The highest BCUT2D eigenvalue weighted by Crippen LogP contribution is 2.17. The van der Waals surface area contributed by atoms with Gasteiger partial charge in [0.25, 0.3) is 5.91 Å². The number of nitrogens with two attached hydrogens (primary N) is 1. The van der Waals surface area contributed by atoms with E-state index in [-0.39, 0.29) is 11.3 Å². The summed E-state index contributed by atoms with van der Waals surface area (Å²) in [6.07, 6.45) is 0. The number of phenols is 1. The second kappa shape index (κ2) is 6.16. The van der Waals surface area contributed by atoms with Crippen LogP contribution in [0.25, 0.3) is 0 Å². The molecule has 20 heavy (non-hydrogen) atoms. The van der Waals surface area contributed by atoms with Crippen LogP contribution in [-0.4, -0.2) is 11.0 Å². The molecule has 2 aromatic rings. The van der Waals surface area contributed by atoms with E-state index in [2.05, 4.69) is 5.32 Å². The molecule has 0 heterocycles. The van der Waals surface area contributed by atoms with Crippen LogP contribution in [0.4, 0.5) is 4.39 Å². The van der Waals surface area contributed by atoms with Gasteiger partial charge in [0, 0.05) is 13.1 Å². The highest BCUT2D eigenvalue weighted by atomic mass is 19.1. The standard InChI is InChI=1S/C15H15FN2O2/c16-12-5-6-14(19)13(7-12)15(20)18-9-11-3-1-10(8-17)2-4-11/h1-7,19H,8-9,17H2,(H,18,20). The molecule has 0 saturated heterocycles. The molecule has 0 saturated carbocycles. The fourth-order valence-electron chi connectivity index (χ4n) is 1.76. The van der Waals surface area contributed by atoms with Gasteiger partial charge in [-0.25, -0.2) is 4.39 Å². The summed E-state index contributed by atoms with van der Waals surface area (Å²) in [6, 6.07) is 10.7. The predicted molar refractivity (Wildman–Crippen MR) is 73.6 cm³/mol. The van der Waals surface area contributed by atoms with Crippen molar-refractivity contribution in [1.82, 2.24) is 5.32 Å². The van der Waals surface area contributed by atoms with Gasteiger partial charge in [-0.05, 0) is 29.3 Å². The fraction of sp³-hybridized carbons (Fsp3) is 0.133. The van der Waals surface area contributed by atoms with Gasteiger partial charge in [-0.15, -0.1) is 0 Å². The summed E-state index contributed by atoms with van der Waals surface area (Å²) in [5.74, 6) is -1.34. The molecule has 0 bridgehead atoms. The number of carbonyl (C=O) groups excluding carboxylic acids is 1. The Bertz CT molecular complexity index is 612. The van der Waals surface area contributed by atoms with Crippen molar-refractivity contribution < 1.29 is 14.3 Å². The zero-order valence-electron chi connectivity index (χ0n) is 10.8. The number of phenolic OH excluding ortho intramolecular Hbond substituents is 1. The SMILES string of the molecule is NCc1ccc(CNC(=O)c2cc(F)ccc2O)cc1. The zero-order chi connectivity index (χ0) is 14.5. The lowest BCUT2D eigenvalue weighted by molar-refractivity contribution is 0.0947. The van der Waals surface area contributed by atoms with Crippen molar-refractivity contribution in [2.45, 2.75) is 13.1 Å². The third kappa shape index (κ3) is 3.33. The van der Waals surface area contributed by atoms with Crippen molar-refractivity contribution in [1.29, 1.82) is 0 Å². The smallest absolute Gasteiger partial charge is 0.255 e. The van der Waals surface area contributed by atoms with E-state index < -0.39 is 11.7 Å². The van der Waals surface area contributed by atoms with E-state index in [9.17, 15) is 14.3 Å². The molecule has 4 nitrogen and oxygen atoms in total. The molecule has 0 aliphatic carbocycles. The fourth-order valence-corrected chi connectivity index (χ4v) is 1.76. The summed E-state index contributed by atoms with van der Waals surface area (Å²) in [5, 5.41) is 12.2. The molecule has 0 atom stereocenters. The van der Waals surface area contributed by atoms with Crippen LogP contribution in [0.5, 0.6) is 5.75 Å². The first-order valence-corrected chi connectivity index (χ1v) is 6.15. The van der Waals surface area contributed by atoms with E-state index >= 15 is 0 Å². The Kier molecular flexibility index (Phi) is 4.32. The Morgan fingerprint density at radius 2 is 1.80 bits per heavy atom. The molecule has 0 unspecified atom stereocenters. The maximum Gasteiger partial charge on any atom is 0.255 e. The number of halogens is 1. The average molecular weight is 274 g/mol. The number of aromatic hydroxyl groups is 1. The Morgan fingerprint density at radius 3 is 2.45 bits per heavy atom. The first-order valence-electron chi connectivity index (χ1n) is 6.15. The van der Waals surface area contributed by atoms with E-state index in [0.717, 1.165) is 29.3 Å². The summed E-state index contributed by atoms with van der Waals surface area (Å²) < 4.78 is 13.1. The Morgan fingerprint density at radius 1 is 1.15 bits per heavy atom. The maximum atomic E-state index is 13.1. The molecule has 2 rings (SSSR count). The molecular weight excluding hydrogens is 259 g/mol. The lowest BCUT2D eigenvalue weighted by atomic mass is 10.1. The molecule has 0 aliphatic heterocycles. The molecule has 0 fully saturated rings. The molecule has 2 aromatic carbocycles. The summed E-state index contributed by atoms with van der Waals surface area (Å²) in [5.41, 5.74) is 7.31. The molecule has 5 heteroatoms. The van der Waals surface area contributed by atoms with Crippen molar-refractivity contribution >= 4 is 5.91 Å². The van der Waals surface area contributed by atoms with Crippen LogP contribution >= 0.6 is 0 Å². The molecular formula is C15H15FN2O2. The van der Waals surface area contributed by atoms with Crippen LogP contribution in [0.15, 0.2) is 42.5 Å². The Hall–Kier alpha value is -2.40. The van der Waals surface area contributed by atoms with Gasteiger partial charge < -0.3 is 16.2 Å². The van der Waals surface area contributed by atoms with Crippen LogP contribution in [0.3, 0.4) is 0 Å². The summed E-state index contributed by atoms with van der Waals surface area (Å²) in [7, 11) is 0. The monoisotopic (exact) mass is 274 g/mol. The van der Waals surface area contributed by atoms with Crippen molar-refractivity contribution in [2.75, 3.05) is 0 Å². The number of hydrogen-bond donors (Lipinski definition) is 3. The average Bonchev–Trinajstić information content (AvgIpc) is 2.47. The second-order valence-electron chi connectivity index (χ2n) is 4.36. The number of nitrogens with one attached hydrogen (secondary N) is 1. The molecule has 4 N–H and O–H groups in total. The van der Waals surface area contributed by atoms with E-state index in [0.29, 0.717) is 13.1 Å². The minimum absolute atomic E-state index is 0.0800. The molecule has 0 aromatic heterocycles. The second-order valence-corrected chi connectivity index (χ2v) is 4.36. The van der Waals surface area contributed by atoms with E-state index in [1.807, 2.05) is 24.3 Å². The number of benzene rings is 2. The minimum Gasteiger partial charge on any atom is -0.507 e. The highest BCUT2D eigenvalue weighted by molar-refractivity contribution is 5.96. The van der Waals surface area contributed by atoms with Crippen LogP contribution < -0.4 is 11.1 Å². The van der Waals surface area contributed by atoms with Gasteiger partial charge in [0.2, 0.25) is 0 Å². The lowest BCUT2D eigenvalue weighted by Crippen LogP contribution is -2.23. The van der Waals surface area contributed by atoms with Crippen molar-refractivity contribution in [3.05, 3.63) is 65.0 Å². The van der Waals surface area contributed by atoms with Gasteiger partial charge in [0.15, 0.2) is 0 Å². The summed E-state index contributed by atoms with van der Waals surface area (Å²) in [4.78, 5) is 11.9. The van der Waals surface area contributed by atoms with Gasteiger partial charge in [0.05, 0.1) is 5.56 Å². The summed E-state index contributed by atoms with van der Waals surface area (Å²) >= 11 is 0. The topological polar surface area (TPSA) is 75.3 Å². The number of rotatable bonds is 4. The van der Waals surface area contributed by atoms with Crippen LogP contribution in [0.2, 0.25) is 0 Å². The van der Waals surface area contributed by atoms with Crippen LogP contribution in [0.1, 0.15) is 21.5 Å². The predicted octanol–water partition coefficient (Wildman–Crippen LogP) is 1.92. The quantitative estimate of drug-likeness (QED) is 0.797. The van der Waals surface area contributed by atoms with Crippen LogP contribution in [0, 0.1) is 5.82 Å². The van der Waals surface area contributed by atoms with E-state index in [1.54, 1.807) is 0 Å². The first kappa shape index (κ1) is 14.0. The zero-order valence-corrected chi connectivity index (χ0v) is 10.8. The molecule has 1 amide bonds. The largest absolute Gasteiger partial charge is 0.507 e. The van der Waals surface area contributed by atoms with Crippen molar-refractivity contribution in [2.24, 2.45) is 5.73 Å². The van der Waals surface area contributed by atoms with Gasteiger partial charge in [-0.2, -0.15) is 0 Å². The third-order valence-electron chi connectivity index (χ3n) is 2.91. The minimum atomic E-state index is -0.569. The summed E-state index contributed by atoms with van der Waals surface area (Å²) in [6.45, 7) is 0.753. The number of hydrogen-bond acceptors (Lipinski definition) is 3. The van der Waals surface area contributed by atoms with Gasteiger partial charge in [-0.3, -0.25) is 4.79 Å². The van der Waals surface area contributed by atoms with Crippen molar-refractivity contribution in [3.8, 4) is 5.75 Å². The molecule has 104 valence electrons. The Balaban J connectivity index is 2.02. The van der Waals surface area contributed by atoms with E-state index in [4.69, 9.17) is 5.73 Å². The normalized spacial score (nSPS) is 10.3. The number of amides is 1. The van der Waals surface area contributed by atoms with Gasteiger partial charge in [-0.1, -0.05) is 24.3 Å². The molecule has 0 aliphatic rings. The van der Waals surface area contributed by atoms with Crippen LogP contribution in [-0.2, 0) is 13.1 Å².